The van der Waals surface area contributed by atoms with Crippen molar-refractivity contribution in [3.05, 3.63) is 65.9 Å². The van der Waals surface area contributed by atoms with Crippen molar-refractivity contribution in [2.75, 3.05) is 5.32 Å². The average molecular weight is 291 g/mol. The molecule has 4 heteroatoms. The number of carbonyl (C=O) groups is 1. The van der Waals surface area contributed by atoms with Gasteiger partial charge in [-0.1, -0.05) is 36.4 Å². The van der Waals surface area contributed by atoms with E-state index < -0.39 is 0 Å². The molecule has 0 radical (unpaired) electrons. The van der Waals surface area contributed by atoms with Crippen molar-refractivity contribution >= 4 is 22.6 Å². The topological polar surface area (TPSA) is 56.9 Å². The van der Waals surface area contributed by atoms with Crippen LogP contribution in [0.1, 0.15) is 11.3 Å². The minimum atomic E-state index is -0.148. The minimum Gasteiger partial charge on any atom is -0.358 e. The summed E-state index contributed by atoms with van der Waals surface area (Å²) in [5.74, 6) is 0. The third kappa shape index (κ3) is 2.33. The van der Waals surface area contributed by atoms with Gasteiger partial charge in [-0.05, 0) is 30.2 Å². The fourth-order valence-corrected chi connectivity index (χ4v) is 3.20. The molecule has 1 aliphatic carbocycles. The third-order valence-electron chi connectivity index (χ3n) is 4.17. The van der Waals surface area contributed by atoms with Gasteiger partial charge < -0.3 is 15.6 Å². The predicted octanol–water partition coefficient (Wildman–Crippen LogP) is 3.46. The SMILES string of the molecule is O=C(Nc1ccccc1)NC1Cc2[nH]c3ccccc3c2C1. The summed E-state index contributed by atoms with van der Waals surface area (Å²) in [6.45, 7) is 0. The van der Waals surface area contributed by atoms with E-state index in [9.17, 15) is 4.79 Å². The lowest BCUT2D eigenvalue weighted by Crippen LogP contribution is -2.38. The Balaban J connectivity index is 1.44. The van der Waals surface area contributed by atoms with Crippen LogP contribution >= 0.6 is 0 Å². The number of hydrogen-bond acceptors (Lipinski definition) is 1. The van der Waals surface area contributed by atoms with Crippen molar-refractivity contribution in [1.29, 1.82) is 0 Å². The summed E-state index contributed by atoms with van der Waals surface area (Å²) in [5.41, 5.74) is 4.56. The second-order valence-corrected chi connectivity index (χ2v) is 5.70. The van der Waals surface area contributed by atoms with E-state index in [2.05, 4.69) is 33.8 Å². The first-order valence-corrected chi connectivity index (χ1v) is 7.50. The monoisotopic (exact) mass is 291 g/mol. The molecule has 0 saturated carbocycles. The van der Waals surface area contributed by atoms with Crippen LogP contribution in [0.15, 0.2) is 54.6 Å². The second-order valence-electron chi connectivity index (χ2n) is 5.70. The van der Waals surface area contributed by atoms with Crippen LogP contribution in [-0.2, 0) is 12.8 Å². The first-order chi connectivity index (χ1) is 10.8. The van der Waals surface area contributed by atoms with Crippen LogP contribution in [0, 0.1) is 0 Å². The largest absolute Gasteiger partial charge is 0.358 e. The molecule has 0 bridgehead atoms. The molecule has 0 saturated heterocycles. The normalized spacial score (nSPS) is 16.5. The Morgan fingerprint density at radius 3 is 2.64 bits per heavy atom. The molecule has 1 heterocycles. The minimum absolute atomic E-state index is 0.148. The van der Waals surface area contributed by atoms with Crippen LogP contribution < -0.4 is 10.6 Å². The van der Waals surface area contributed by atoms with Crippen LogP contribution in [0.2, 0.25) is 0 Å². The van der Waals surface area contributed by atoms with Gasteiger partial charge in [-0.25, -0.2) is 4.79 Å². The van der Waals surface area contributed by atoms with E-state index in [4.69, 9.17) is 0 Å². The Kier molecular flexibility index (Phi) is 3.07. The maximum Gasteiger partial charge on any atom is 0.319 e. The Morgan fingerprint density at radius 1 is 1.00 bits per heavy atom. The summed E-state index contributed by atoms with van der Waals surface area (Å²) in [5, 5.41) is 7.19. The highest BCUT2D eigenvalue weighted by molar-refractivity contribution is 5.90. The number of carbonyl (C=O) groups excluding carboxylic acids is 1. The Bertz CT molecular complexity index is 823. The van der Waals surface area contributed by atoms with Crippen LogP contribution in [0.3, 0.4) is 0 Å². The highest BCUT2D eigenvalue weighted by atomic mass is 16.2. The van der Waals surface area contributed by atoms with Gasteiger partial charge in [0.25, 0.3) is 0 Å². The number of urea groups is 1. The third-order valence-corrected chi connectivity index (χ3v) is 4.17. The molecule has 110 valence electrons. The molecular formula is C18H17N3O. The van der Waals surface area contributed by atoms with Crippen molar-refractivity contribution in [2.24, 2.45) is 0 Å². The summed E-state index contributed by atoms with van der Waals surface area (Å²) in [6.07, 6.45) is 1.73. The van der Waals surface area contributed by atoms with Crippen molar-refractivity contribution in [1.82, 2.24) is 10.3 Å². The molecule has 4 rings (SSSR count). The first-order valence-electron chi connectivity index (χ1n) is 7.50. The van der Waals surface area contributed by atoms with E-state index in [1.165, 1.54) is 22.2 Å². The molecule has 0 fully saturated rings. The van der Waals surface area contributed by atoms with Gasteiger partial charge in [0.1, 0.15) is 0 Å². The molecule has 2 amide bonds. The molecule has 22 heavy (non-hydrogen) atoms. The number of H-pyrrole nitrogens is 1. The summed E-state index contributed by atoms with van der Waals surface area (Å²) in [7, 11) is 0. The summed E-state index contributed by atoms with van der Waals surface area (Å²) in [6, 6.07) is 17.8. The number of aromatic amines is 1. The van der Waals surface area contributed by atoms with Crippen molar-refractivity contribution in [2.45, 2.75) is 18.9 Å². The fourth-order valence-electron chi connectivity index (χ4n) is 3.20. The zero-order valence-electron chi connectivity index (χ0n) is 12.1. The quantitative estimate of drug-likeness (QED) is 0.665. The van der Waals surface area contributed by atoms with E-state index in [1.54, 1.807) is 0 Å². The van der Waals surface area contributed by atoms with Crippen LogP contribution in [0.5, 0.6) is 0 Å². The van der Waals surface area contributed by atoms with Crippen molar-refractivity contribution < 1.29 is 4.79 Å². The number of amides is 2. The highest BCUT2D eigenvalue weighted by Gasteiger charge is 2.26. The Labute approximate surface area is 128 Å². The zero-order valence-corrected chi connectivity index (χ0v) is 12.1. The van der Waals surface area contributed by atoms with Gasteiger partial charge in [0.2, 0.25) is 0 Å². The lowest BCUT2D eigenvalue weighted by molar-refractivity contribution is 0.249. The van der Waals surface area contributed by atoms with Crippen LogP contribution in [0.4, 0.5) is 10.5 Å². The number of hydrogen-bond donors (Lipinski definition) is 3. The van der Waals surface area contributed by atoms with Crippen molar-refractivity contribution in [3.63, 3.8) is 0 Å². The molecule has 0 aliphatic heterocycles. The van der Waals surface area contributed by atoms with E-state index in [0.717, 1.165) is 18.5 Å². The summed E-state index contributed by atoms with van der Waals surface area (Å²) >= 11 is 0. The number of rotatable bonds is 2. The predicted molar refractivity (Wildman–Crippen MR) is 88.1 cm³/mol. The summed E-state index contributed by atoms with van der Waals surface area (Å²) in [4.78, 5) is 15.5. The molecule has 2 aromatic carbocycles. The standard InChI is InChI=1S/C18H17N3O/c22-18(19-12-6-2-1-3-7-12)20-13-10-15-14-8-4-5-9-16(14)21-17(15)11-13/h1-9,13,21H,10-11H2,(H2,19,20,22). The lowest BCUT2D eigenvalue weighted by Gasteiger charge is -2.13. The Hall–Kier alpha value is -2.75. The smallest absolute Gasteiger partial charge is 0.319 e. The Morgan fingerprint density at radius 2 is 1.77 bits per heavy atom. The average Bonchev–Trinajstić information content (AvgIpc) is 3.05. The number of aromatic nitrogens is 1. The molecule has 1 aliphatic rings. The summed E-state index contributed by atoms with van der Waals surface area (Å²) < 4.78 is 0. The van der Waals surface area contributed by atoms with Gasteiger partial charge in [-0.15, -0.1) is 0 Å². The first kappa shape index (κ1) is 13.0. The molecule has 1 aromatic heterocycles. The molecule has 1 unspecified atom stereocenters. The van der Waals surface area contributed by atoms with E-state index in [-0.39, 0.29) is 12.1 Å². The second kappa shape index (κ2) is 5.22. The molecule has 3 aromatic rings. The van der Waals surface area contributed by atoms with E-state index in [0.29, 0.717) is 0 Å². The molecule has 1 atom stereocenters. The maximum absolute atomic E-state index is 12.1. The number of nitrogens with one attached hydrogen (secondary N) is 3. The maximum atomic E-state index is 12.1. The molecule has 0 spiro atoms. The fraction of sp³-hybridized carbons (Fsp3) is 0.167. The van der Waals surface area contributed by atoms with Gasteiger partial charge in [0.15, 0.2) is 0 Å². The van der Waals surface area contributed by atoms with Gasteiger partial charge in [-0.2, -0.15) is 0 Å². The molecular weight excluding hydrogens is 274 g/mol. The lowest BCUT2D eigenvalue weighted by atomic mass is 10.1. The molecule has 3 N–H and O–H groups in total. The van der Waals surface area contributed by atoms with Gasteiger partial charge >= 0.3 is 6.03 Å². The van der Waals surface area contributed by atoms with Gasteiger partial charge in [0.05, 0.1) is 0 Å². The van der Waals surface area contributed by atoms with Crippen molar-refractivity contribution in [3.8, 4) is 0 Å². The zero-order chi connectivity index (χ0) is 14.9. The van der Waals surface area contributed by atoms with Crippen LogP contribution in [-0.4, -0.2) is 17.1 Å². The van der Waals surface area contributed by atoms with Crippen LogP contribution in [0.25, 0.3) is 10.9 Å². The number of para-hydroxylation sites is 2. The highest BCUT2D eigenvalue weighted by Crippen LogP contribution is 2.29. The number of benzene rings is 2. The van der Waals surface area contributed by atoms with E-state index in [1.807, 2.05) is 36.4 Å². The van der Waals surface area contributed by atoms with Gasteiger partial charge in [0, 0.05) is 34.7 Å². The van der Waals surface area contributed by atoms with E-state index >= 15 is 0 Å². The number of anilines is 1. The van der Waals surface area contributed by atoms with Gasteiger partial charge in [-0.3, -0.25) is 0 Å². The molecule has 4 nitrogen and oxygen atoms in total. The number of fused-ring (bicyclic) bond motifs is 3.